The van der Waals surface area contributed by atoms with E-state index in [0.29, 0.717) is 6.04 Å². The molecule has 2 N–H and O–H groups in total. The van der Waals surface area contributed by atoms with Crippen LogP contribution in [0.5, 0.6) is 0 Å². The van der Waals surface area contributed by atoms with Crippen molar-refractivity contribution < 1.29 is 0 Å². The van der Waals surface area contributed by atoms with E-state index in [4.69, 9.17) is 0 Å². The summed E-state index contributed by atoms with van der Waals surface area (Å²) in [5, 5.41) is 5.77. The van der Waals surface area contributed by atoms with Crippen LogP contribution in [0.15, 0.2) is 24.5 Å². The Balaban J connectivity index is 1.68. The third-order valence-electron chi connectivity index (χ3n) is 4.10. The summed E-state index contributed by atoms with van der Waals surface area (Å²) in [6.45, 7) is 0.938. The van der Waals surface area contributed by atoms with Gasteiger partial charge in [0, 0.05) is 35.6 Å². The molecule has 4 heteroatoms. The summed E-state index contributed by atoms with van der Waals surface area (Å²) >= 11 is 2.01. The number of thioether (sulfide) groups is 1. The smallest absolute Gasteiger partial charge is 0.137 e. The van der Waals surface area contributed by atoms with Gasteiger partial charge in [-0.1, -0.05) is 12.8 Å². The molecule has 3 rings (SSSR count). The number of hydrogen-bond acceptors (Lipinski definition) is 3. The van der Waals surface area contributed by atoms with Crippen LogP contribution in [-0.4, -0.2) is 27.5 Å². The van der Waals surface area contributed by atoms with E-state index in [1.54, 1.807) is 0 Å². The zero-order chi connectivity index (χ0) is 13.1. The highest BCUT2D eigenvalue weighted by Crippen LogP contribution is 2.27. The Kier molecular flexibility index (Phi) is 4.09. The molecule has 2 aromatic heterocycles. The van der Waals surface area contributed by atoms with Gasteiger partial charge in [0.05, 0.1) is 0 Å². The molecular formula is C15H21N3S. The molecule has 0 amide bonds. The molecule has 2 unspecified atom stereocenters. The monoisotopic (exact) mass is 275 g/mol. The van der Waals surface area contributed by atoms with E-state index >= 15 is 0 Å². The minimum atomic E-state index is 0.658. The number of nitrogens with one attached hydrogen (secondary N) is 2. The summed E-state index contributed by atoms with van der Waals surface area (Å²) in [5.41, 5.74) is 2.32. The minimum Gasteiger partial charge on any atom is -0.346 e. The van der Waals surface area contributed by atoms with E-state index < -0.39 is 0 Å². The van der Waals surface area contributed by atoms with Gasteiger partial charge in [0.2, 0.25) is 0 Å². The van der Waals surface area contributed by atoms with E-state index in [1.807, 2.05) is 24.0 Å². The number of aromatic nitrogens is 2. The molecule has 2 heterocycles. The number of aromatic amines is 1. The predicted molar refractivity (Wildman–Crippen MR) is 82.5 cm³/mol. The van der Waals surface area contributed by atoms with Crippen molar-refractivity contribution in [3.8, 4) is 0 Å². The van der Waals surface area contributed by atoms with Crippen molar-refractivity contribution >= 4 is 22.8 Å². The second kappa shape index (κ2) is 5.97. The molecule has 102 valence electrons. The van der Waals surface area contributed by atoms with Crippen LogP contribution >= 0.6 is 11.8 Å². The maximum atomic E-state index is 4.34. The Morgan fingerprint density at radius 2 is 2.32 bits per heavy atom. The number of nitrogens with zero attached hydrogens (tertiary/aromatic N) is 1. The molecule has 0 spiro atoms. The van der Waals surface area contributed by atoms with E-state index in [1.165, 1.54) is 36.6 Å². The normalized spacial score (nSPS) is 23.8. The number of rotatable bonds is 4. The molecule has 3 nitrogen and oxygen atoms in total. The topological polar surface area (TPSA) is 40.7 Å². The highest BCUT2D eigenvalue weighted by atomic mass is 32.2. The number of fused-ring (bicyclic) bond motifs is 1. The molecule has 1 aliphatic rings. The molecular weight excluding hydrogens is 254 g/mol. The van der Waals surface area contributed by atoms with Crippen molar-refractivity contribution in [2.75, 3.05) is 6.26 Å². The SMILES string of the molecule is CSC1CCCCC1NCc1c[nH]c2ncccc12. The Bertz CT molecular complexity index is 537. The molecule has 1 aliphatic carbocycles. The first-order valence-corrected chi connectivity index (χ1v) is 8.34. The molecule has 0 saturated heterocycles. The van der Waals surface area contributed by atoms with Crippen LogP contribution in [0, 0.1) is 0 Å². The summed E-state index contributed by atoms with van der Waals surface area (Å²) in [6, 6.07) is 4.80. The van der Waals surface area contributed by atoms with Crippen LogP contribution in [0.1, 0.15) is 31.2 Å². The van der Waals surface area contributed by atoms with Crippen molar-refractivity contribution in [3.05, 3.63) is 30.1 Å². The highest BCUT2D eigenvalue weighted by molar-refractivity contribution is 7.99. The van der Waals surface area contributed by atoms with Gasteiger partial charge in [-0.2, -0.15) is 11.8 Å². The molecule has 1 saturated carbocycles. The van der Waals surface area contributed by atoms with Gasteiger partial charge < -0.3 is 10.3 Å². The van der Waals surface area contributed by atoms with E-state index in [-0.39, 0.29) is 0 Å². The molecule has 0 radical (unpaired) electrons. The highest BCUT2D eigenvalue weighted by Gasteiger charge is 2.23. The lowest BCUT2D eigenvalue weighted by atomic mass is 9.94. The van der Waals surface area contributed by atoms with Crippen LogP contribution in [0.25, 0.3) is 11.0 Å². The zero-order valence-corrected chi connectivity index (χ0v) is 12.2. The first kappa shape index (κ1) is 13.0. The standard InChI is InChI=1S/C15H21N3S/c1-19-14-7-3-2-6-13(14)17-9-11-10-18-15-12(11)5-4-8-16-15/h4-5,8,10,13-14,17H,2-3,6-7,9H2,1H3,(H,16,18). The van der Waals surface area contributed by atoms with Crippen LogP contribution in [-0.2, 0) is 6.54 Å². The van der Waals surface area contributed by atoms with Crippen molar-refractivity contribution in [3.63, 3.8) is 0 Å². The third kappa shape index (κ3) is 2.79. The molecule has 0 aromatic carbocycles. The summed E-state index contributed by atoms with van der Waals surface area (Å²) in [4.78, 5) is 7.59. The van der Waals surface area contributed by atoms with Crippen LogP contribution < -0.4 is 5.32 Å². The molecule has 2 atom stereocenters. The van der Waals surface area contributed by atoms with Gasteiger partial charge in [-0.05, 0) is 36.8 Å². The van der Waals surface area contributed by atoms with Crippen molar-refractivity contribution in [1.29, 1.82) is 0 Å². The average Bonchev–Trinajstić information content (AvgIpc) is 2.89. The maximum absolute atomic E-state index is 4.34. The summed E-state index contributed by atoms with van der Waals surface area (Å²) in [6.07, 6.45) is 11.6. The number of H-pyrrole nitrogens is 1. The Labute approximate surface area is 118 Å². The van der Waals surface area contributed by atoms with Crippen LogP contribution in [0.4, 0.5) is 0 Å². The van der Waals surface area contributed by atoms with Gasteiger partial charge in [0.1, 0.15) is 5.65 Å². The number of hydrogen-bond donors (Lipinski definition) is 2. The van der Waals surface area contributed by atoms with Gasteiger partial charge in [-0.25, -0.2) is 4.98 Å². The fourth-order valence-corrected chi connectivity index (χ4v) is 3.98. The molecule has 19 heavy (non-hydrogen) atoms. The second-order valence-corrected chi connectivity index (χ2v) is 6.34. The third-order valence-corrected chi connectivity index (χ3v) is 5.27. The fourth-order valence-electron chi connectivity index (χ4n) is 3.01. The van der Waals surface area contributed by atoms with Gasteiger partial charge in [-0.3, -0.25) is 0 Å². The van der Waals surface area contributed by atoms with Crippen LogP contribution in [0.3, 0.4) is 0 Å². The predicted octanol–water partition coefficient (Wildman–Crippen LogP) is 3.33. The lowest BCUT2D eigenvalue weighted by molar-refractivity contribution is 0.383. The van der Waals surface area contributed by atoms with Crippen LogP contribution in [0.2, 0.25) is 0 Å². The van der Waals surface area contributed by atoms with Crippen molar-refractivity contribution in [1.82, 2.24) is 15.3 Å². The number of pyridine rings is 1. The Morgan fingerprint density at radius 1 is 1.42 bits per heavy atom. The van der Waals surface area contributed by atoms with Gasteiger partial charge in [-0.15, -0.1) is 0 Å². The molecule has 1 fully saturated rings. The minimum absolute atomic E-state index is 0.658. The summed E-state index contributed by atoms with van der Waals surface area (Å²) < 4.78 is 0. The van der Waals surface area contributed by atoms with E-state index in [9.17, 15) is 0 Å². The van der Waals surface area contributed by atoms with Gasteiger partial charge in [0.25, 0.3) is 0 Å². The Hall–Kier alpha value is -1.00. The van der Waals surface area contributed by atoms with Gasteiger partial charge >= 0.3 is 0 Å². The molecule has 0 bridgehead atoms. The van der Waals surface area contributed by atoms with E-state index in [2.05, 4.69) is 33.8 Å². The van der Waals surface area contributed by atoms with Gasteiger partial charge in [0.15, 0.2) is 0 Å². The fraction of sp³-hybridized carbons (Fsp3) is 0.533. The van der Waals surface area contributed by atoms with E-state index in [0.717, 1.165) is 17.4 Å². The lowest BCUT2D eigenvalue weighted by Crippen LogP contribution is -2.39. The zero-order valence-electron chi connectivity index (χ0n) is 11.4. The first-order valence-electron chi connectivity index (χ1n) is 7.05. The summed E-state index contributed by atoms with van der Waals surface area (Å²) in [5.74, 6) is 0. The van der Waals surface area contributed by atoms with Crippen molar-refractivity contribution in [2.45, 2.75) is 43.5 Å². The summed E-state index contributed by atoms with van der Waals surface area (Å²) in [7, 11) is 0. The lowest BCUT2D eigenvalue weighted by Gasteiger charge is -2.31. The first-order chi connectivity index (χ1) is 9.38. The van der Waals surface area contributed by atoms with Crippen molar-refractivity contribution in [2.24, 2.45) is 0 Å². The molecule has 0 aliphatic heterocycles. The quantitative estimate of drug-likeness (QED) is 0.899. The second-order valence-electron chi connectivity index (χ2n) is 5.26. The molecule has 2 aromatic rings. The maximum Gasteiger partial charge on any atom is 0.137 e. The average molecular weight is 275 g/mol. The Morgan fingerprint density at radius 3 is 3.21 bits per heavy atom. The largest absolute Gasteiger partial charge is 0.346 e.